The smallest absolute Gasteiger partial charge is 0.123 e. The van der Waals surface area contributed by atoms with Crippen molar-refractivity contribution >= 4 is 0 Å². The lowest BCUT2D eigenvalue weighted by molar-refractivity contribution is 0.0121. The molecule has 2 aromatic rings. The lowest BCUT2D eigenvalue weighted by Crippen LogP contribution is -2.58. The molecule has 3 rings (SSSR count). The average Bonchev–Trinajstić information content (AvgIpc) is 3.23. The number of likely N-dealkylation sites (N-methyl/N-ethyl adjacent to an activating group) is 1. The van der Waals surface area contributed by atoms with Gasteiger partial charge in [-0.25, -0.2) is 0 Å². The van der Waals surface area contributed by atoms with Crippen LogP contribution in [0.25, 0.3) is 0 Å². The highest BCUT2D eigenvalue weighted by Gasteiger charge is 2.47. The maximum atomic E-state index is 2.68. The van der Waals surface area contributed by atoms with Gasteiger partial charge in [-0.15, -0.1) is 0 Å². The second-order valence-corrected chi connectivity index (χ2v) is 11.3. The minimum Gasteiger partial charge on any atom is -0.356 e. The van der Waals surface area contributed by atoms with Gasteiger partial charge in [0.05, 0.1) is 0 Å². The van der Waals surface area contributed by atoms with Crippen LogP contribution in [0.5, 0.6) is 0 Å². The van der Waals surface area contributed by atoms with Gasteiger partial charge in [0.1, 0.15) is 5.66 Å². The van der Waals surface area contributed by atoms with Crippen molar-refractivity contribution in [3.8, 4) is 0 Å². The van der Waals surface area contributed by atoms with E-state index >= 15 is 0 Å². The Bertz CT molecular complexity index is 861. The van der Waals surface area contributed by atoms with E-state index in [4.69, 9.17) is 0 Å². The molecular formula is C35H54N2. The van der Waals surface area contributed by atoms with E-state index < -0.39 is 0 Å². The molecule has 1 aliphatic heterocycles. The van der Waals surface area contributed by atoms with Crippen molar-refractivity contribution in [1.82, 2.24) is 9.80 Å². The average molecular weight is 503 g/mol. The third-order valence-electron chi connectivity index (χ3n) is 8.56. The third-order valence-corrected chi connectivity index (χ3v) is 8.56. The van der Waals surface area contributed by atoms with Gasteiger partial charge in [0.25, 0.3) is 0 Å². The second kappa shape index (κ2) is 16.6. The van der Waals surface area contributed by atoms with Gasteiger partial charge < -0.3 is 9.80 Å². The predicted octanol–water partition coefficient (Wildman–Crippen LogP) is 9.93. The molecular weight excluding hydrogens is 448 g/mol. The Labute approximate surface area is 229 Å². The fourth-order valence-electron chi connectivity index (χ4n) is 6.42. The van der Waals surface area contributed by atoms with Crippen molar-refractivity contribution < 1.29 is 0 Å². The maximum absolute atomic E-state index is 2.68. The van der Waals surface area contributed by atoms with Crippen LogP contribution in [0.2, 0.25) is 0 Å². The summed E-state index contributed by atoms with van der Waals surface area (Å²) in [5.74, 6) is 0.441. The first-order valence-corrected chi connectivity index (χ1v) is 15.5. The molecule has 2 heteroatoms. The fraction of sp³-hybridized carbons (Fsp3) is 0.600. The largest absolute Gasteiger partial charge is 0.356 e. The minimum absolute atomic E-state index is 0.0609. The summed E-state index contributed by atoms with van der Waals surface area (Å²) in [5.41, 5.74) is 2.81. The molecule has 0 N–H and O–H groups in total. The van der Waals surface area contributed by atoms with Gasteiger partial charge in [-0.2, -0.15) is 0 Å². The molecule has 2 unspecified atom stereocenters. The van der Waals surface area contributed by atoms with Gasteiger partial charge in [-0.3, -0.25) is 0 Å². The van der Waals surface area contributed by atoms with E-state index in [1.807, 2.05) is 0 Å². The van der Waals surface area contributed by atoms with Gasteiger partial charge in [-0.05, 0) is 24.0 Å². The number of rotatable bonds is 19. The van der Waals surface area contributed by atoms with Crippen LogP contribution in [0.3, 0.4) is 0 Å². The molecule has 0 saturated carbocycles. The Morgan fingerprint density at radius 1 is 0.622 bits per heavy atom. The molecule has 1 aliphatic rings. The van der Waals surface area contributed by atoms with Gasteiger partial charge in [0, 0.05) is 38.3 Å². The summed E-state index contributed by atoms with van der Waals surface area (Å²) < 4.78 is 0. The van der Waals surface area contributed by atoms with Crippen molar-refractivity contribution in [3.63, 3.8) is 0 Å². The number of hydrogen-bond acceptors (Lipinski definition) is 2. The molecule has 2 aromatic carbocycles. The van der Waals surface area contributed by atoms with Crippen LogP contribution in [-0.2, 0) is 6.42 Å². The van der Waals surface area contributed by atoms with E-state index in [2.05, 4.69) is 104 Å². The molecule has 1 heterocycles. The summed E-state index contributed by atoms with van der Waals surface area (Å²) in [4.78, 5) is 5.18. The van der Waals surface area contributed by atoms with Crippen molar-refractivity contribution in [2.75, 3.05) is 13.6 Å². The molecule has 0 spiro atoms. The van der Waals surface area contributed by atoms with Crippen LogP contribution in [0.4, 0.5) is 0 Å². The van der Waals surface area contributed by atoms with Crippen molar-refractivity contribution in [2.24, 2.45) is 0 Å². The third kappa shape index (κ3) is 8.66. The highest BCUT2D eigenvalue weighted by atomic mass is 15.4. The number of hydrogen-bond donors (Lipinski definition) is 0. The van der Waals surface area contributed by atoms with E-state index in [-0.39, 0.29) is 5.66 Å². The van der Waals surface area contributed by atoms with Gasteiger partial charge in [0.2, 0.25) is 0 Å². The summed E-state index contributed by atoms with van der Waals surface area (Å²) in [5, 5.41) is 0. The molecule has 0 bridgehead atoms. The molecule has 0 saturated heterocycles. The monoisotopic (exact) mass is 502 g/mol. The highest BCUT2D eigenvalue weighted by molar-refractivity contribution is 5.30. The van der Waals surface area contributed by atoms with Crippen molar-refractivity contribution in [2.45, 2.75) is 122 Å². The standard InChI is InChI=1S/C35H54N2/c1-4-6-7-8-9-10-11-12-13-14-15-16-23-28-37-30-29-36(3)35(37,31-32-24-19-17-20-25-32)34(5-2)33-26-21-18-22-27-33/h17-22,24-27,29-30,34H,4-16,23,28,31H2,1-3H3. The Hall–Kier alpha value is -2.22. The zero-order valence-corrected chi connectivity index (χ0v) is 24.2. The van der Waals surface area contributed by atoms with Crippen LogP contribution >= 0.6 is 0 Å². The summed E-state index contributed by atoms with van der Waals surface area (Å²) in [6.45, 7) is 5.79. The first-order chi connectivity index (χ1) is 18.2. The van der Waals surface area contributed by atoms with Crippen LogP contribution in [0, 0.1) is 0 Å². The topological polar surface area (TPSA) is 6.48 Å². The summed E-state index contributed by atoms with van der Waals surface area (Å²) >= 11 is 0. The van der Waals surface area contributed by atoms with E-state index in [9.17, 15) is 0 Å². The minimum atomic E-state index is -0.0609. The Morgan fingerprint density at radius 3 is 1.68 bits per heavy atom. The van der Waals surface area contributed by atoms with E-state index in [1.165, 1.54) is 94.6 Å². The van der Waals surface area contributed by atoms with E-state index in [0.717, 1.165) is 19.4 Å². The van der Waals surface area contributed by atoms with E-state index in [1.54, 1.807) is 0 Å². The predicted molar refractivity (Wildman–Crippen MR) is 162 cm³/mol. The molecule has 0 radical (unpaired) electrons. The SMILES string of the molecule is CCCCCCCCCCCCCCCN1C=CN(C)C1(Cc1ccccc1)C(CC)c1ccccc1. The van der Waals surface area contributed by atoms with Crippen LogP contribution in [0.15, 0.2) is 73.1 Å². The second-order valence-electron chi connectivity index (χ2n) is 11.3. The van der Waals surface area contributed by atoms with Crippen molar-refractivity contribution in [3.05, 3.63) is 84.2 Å². The number of unbranched alkanes of at least 4 members (excludes halogenated alkanes) is 12. The lowest BCUT2D eigenvalue weighted by Gasteiger charge is -2.50. The summed E-state index contributed by atoms with van der Waals surface area (Å²) in [6, 6.07) is 22.3. The molecule has 204 valence electrons. The van der Waals surface area contributed by atoms with Gasteiger partial charge in [0.15, 0.2) is 0 Å². The van der Waals surface area contributed by atoms with Gasteiger partial charge >= 0.3 is 0 Å². The normalized spacial score (nSPS) is 18.0. The lowest BCUT2D eigenvalue weighted by atomic mass is 9.78. The number of nitrogens with zero attached hydrogens (tertiary/aromatic N) is 2. The quantitative estimate of drug-likeness (QED) is 0.176. The van der Waals surface area contributed by atoms with E-state index in [0.29, 0.717) is 5.92 Å². The summed E-state index contributed by atoms with van der Waals surface area (Å²) in [7, 11) is 2.29. The van der Waals surface area contributed by atoms with Crippen LogP contribution in [-0.4, -0.2) is 29.1 Å². The Morgan fingerprint density at radius 2 is 1.14 bits per heavy atom. The molecule has 0 fully saturated rings. The molecule has 2 atom stereocenters. The highest BCUT2D eigenvalue weighted by Crippen LogP contribution is 2.44. The maximum Gasteiger partial charge on any atom is 0.123 e. The number of benzene rings is 2. The molecule has 2 nitrogen and oxygen atoms in total. The Balaban J connectivity index is 1.52. The first kappa shape index (κ1) is 29.3. The van der Waals surface area contributed by atoms with Crippen LogP contribution in [0.1, 0.15) is 121 Å². The zero-order valence-electron chi connectivity index (χ0n) is 24.2. The zero-order chi connectivity index (χ0) is 26.2. The molecule has 37 heavy (non-hydrogen) atoms. The van der Waals surface area contributed by atoms with Gasteiger partial charge in [-0.1, -0.05) is 152 Å². The fourth-order valence-corrected chi connectivity index (χ4v) is 6.42. The first-order valence-electron chi connectivity index (χ1n) is 15.5. The Kier molecular flexibility index (Phi) is 13.2. The summed E-state index contributed by atoms with van der Waals surface area (Å²) in [6.07, 6.45) is 25.1. The molecule has 0 aromatic heterocycles. The van der Waals surface area contributed by atoms with Crippen molar-refractivity contribution in [1.29, 1.82) is 0 Å². The molecule has 0 aliphatic carbocycles. The molecule has 0 amide bonds. The van der Waals surface area contributed by atoms with Crippen LogP contribution < -0.4 is 0 Å².